The van der Waals surface area contributed by atoms with Gasteiger partial charge in [0, 0.05) is 12.7 Å². The van der Waals surface area contributed by atoms with Crippen molar-refractivity contribution in [1.29, 1.82) is 0 Å². The van der Waals surface area contributed by atoms with Gasteiger partial charge in [-0.2, -0.15) is 0 Å². The van der Waals surface area contributed by atoms with Crippen molar-refractivity contribution in [3.05, 3.63) is 71.2 Å². The molecule has 0 unspecified atom stereocenters. The largest absolute Gasteiger partial charge is 0.347 e. The zero-order valence-corrected chi connectivity index (χ0v) is 12.1. The van der Waals surface area contributed by atoms with E-state index < -0.39 is 0 Å². The molecule has 0 atom stereocenters. The van der Waals surface area contributed by atoms with Gasteiger partial charge in [-0.05, 0) is 37.1 Å². The van der Waals surface area contributed by atoms with Crippen LogP contribution in [0.1, 0.15) is 27.2 Å². The van der Waals surface area contributed by atoms with E-state index in [2.05, 4.69) is 10.3 Å². The van der Waals surface area contributed by atoms with Crippen LogP contribution in [0.2, 0.25) is 0 Å². The summed E-state index contributed by atoms with van der Waals surface area (Å²) in [4.78, 5) is 16.5. The van der Waals surface area contributed by atoms with Crippen molar-refractivity contribution in [3.8, 4) is 0 Å². The molecule has 2 heterocycles. The number of carbonyl (C=O) groups is 1. The monoisotopic (exact) mass is 279 g/mol. The third-order valence-corrected chi connectivity index (χ3v) is 3.48. The van der Waals surface area contributed by atoms with Crippen molar-refractivity contribution in [2.45, 2.75) is 20.4 Å². The van der Waals surface area contributed by atoms with Crippen LogP contribution in [-0.2, 0) is 6.54 Å². The number of benzene rings is 1. The van der Waals surface area contributed by atoms with Crippen molar-refractivity contribution in [2.75, 3.05) is 0 Å². The predicted octanol–water partition coefficient (Wildman–Crippen LogP) is 2.88. The summed E-state index contributed by atoms with van der Waals surface area (Å²) in [5.41, 5.74) is 4.76. The second kappa shape index (κ2) is 5.40. The second-order valence-corrected chi connectivity index (χ2v) is 5.24. The van der Waals surface area contributed by atoms with Crippen molar-refractivity contribution in [2.24, 2.45) is 0 Å². The number of nitrogens with one attached hydrogen (secondary N) is 1. The quantitative estimate of drug-likeness (QED) is 0.801. The summed E-state index contributed by atoms with van der Waals surface area (Å²) in [7, 11) is 0. The summed E-state index contributed by atoms with van der Waals surface area (Å²) >= 11 is 0. The fourth-order valence-electron chi connectivity index (χ4n) is 2.23. The highest BCUT2D eigenvalue weighted by molar-refractivity contribution is 5.93. The minimum atomic E-state index is -0.119. The molecule has 1 amide bonds. The predicted molar refractivity (Wildman–Crippen MR) is 82.3 cm³/mol. The van der Waals surface area contributed by atoms with Crippen LogP contribution in [0.4, 0.5) is 0 Å². The third kappa shape index (κ3) is 2.79. The molecule has 106 valence electrons. The number of hydrogen-bond acceptors (Lipinski definition) is 2. The SMILES string of the molecule is Cc1ccc(CNC(=O)c2cnc3cc(C)ccn23)cc1. The Morgan fingerprint density at radius 3 is 2.67 bits per heavy atom. The minimum Gasteiger partial charge on any atom is -0.347 e. The lowest BCUT2D eigenvalue weighted by molar-refractivity contribution is 0.0945. The van der Waals surface area contributed by atoms with E-state index in [1.54, 1.807) is 10.6 Å². The molecular formula is C17H17N3O. The van der Waals surface area contributed by atoms with E-state index in [0.29, 0.717) is 12.2 Å². The van der Waals surface area contributed by atoms with E-state index in [0.717, 1.165) is 16.8 Å². The molecule has 4 heteroatoms. The molecular weight excluding hydrogens is 262 g/mol. The molecule has 0 saturated carbocycles. The summed E-state index contributed by atoms with van der Waals surface area (Å²) in [6, 6.07) is 12.0. The third-order valence-electron chi connectivity index (χ3n) is 3.48. The Labute approximate surface area is 123 Å². The molecule has 1 N–H and O–H groups in total. The fraction of sp³-hybridized carbons (Fsp3) is 0.176. The maximum Gasteiger partial charge on any atom is 0.270 e. The van der Waals surface area contributed by atoms with Crippen LogP contribution >= 0.6 is 0 Å². The van der Waals surface area contributed by atoms with Gasteiger partial charge >= 0.3 is 0 Å². The number of rotatable bonds is 3. The van der Waals surface area contributed by atoms with E-state index in [1.165, 1.54) is 5.56 Å². The van der Waals surface area contributed by atoms with Gasteiger partial charge in [-0.25, -0.2) is 4.98 Å². The Morgan fingerprint density at radius 1 is 1.14 bits per heavy atom. The summed E-state index contributed by atoms with van der Waals surface area (Å²) < 4.78 is 1.80. The first-order chi connectivity index (χ1) is 10.1. The normalized spacial score (nSPS) is 10.8. The standard InChI is InChI=1S/C17H17N3O/c1-12-3-5-14(6-4-12)10-19-17(21)15-11-18-16-9-13(2)7-8-20(15)16/h3-9,11H,10H2,1-2H3,(H,19,21). The zero-order valence-electron chi connectivity index (χ0n) is 12.1. The molecule has 3 rings (SSSR count). The first kappa shape index (κ1) is 13.4. The van der Waals surface area contributed by atoms with Crippen LogP contribution in [-0.4, -0.2) is 15.3 Å². The van der Waals surface area contributed by atoms with E-state index in [1.807, 2.05) is 56.4 Å². The maximum atomic E-state index is 12.3. The molecule has 0 fully saturated rings. The lowest BCUT2D eigenvalue weighted by atomic mass is 10.1. The van der Waals surface area contributed by atoms with Crippen LogP contribution in [0.25, 0.3) is 5.65 Å². The van der Waals surface area contributed by atoms with Gasteiger partial charge in [0.15, 0.2) is 0 Å². The Bertz CT molecular complexity index is 787. The highest BCUT2D eigenvalue weighted by Crippen LogP contribution is 2.09. The number of aromatic nitrogens is 2. The molecule has 1 aromatic carbocycles. The van der Waals surface area contributed by atoms with E-state index in [4.69, 9.17) is 0 Å². The topological polar surface area (TPSA) is 46.4 Å². The summed E-state index contributed by atoms with van der Waals surface area (Å²) in [5.74, 6) is -0.119. The van der Waals surface area contributed by atoms with Crippen LogP contribution in [0, 0.1) is 13.8 Å². The van der Waals surface area contributed by atoms with Gasteiger partial charge in [0.1, 0.15) is 11.3 Å². The first-order valence-electron chi connectivity index (χ1n) is 6.91. The molecule has 4 nitrogen and oxygen atoms in total. The smallest absolute Gasteiger partial charge is 0.270 e. The number of fused-ring (bicyclic) bond motifs is 1. The molecule has 3 aromatic rings. The van der Waals surface area contributed by atoms with Crippen LogP contribution in [0.5, 0.6) is 0 Å². The molecule has 0 aliphatic rings. The number of carbonyl (C=O) groups excluding carboxylic acids is 1. The molecule has 0 bridgehead atoms. The highest BCUT2D eigenvalue weighted by Gasteiger charge is 2.11. The lowest BCUT2D eigenvalue weighted by Crippen LogP contribution is -2.24. The average molecular weight is 279 g/mol. The molecule has 0 aliphatic carbocycles. The number of aryl methyl sites for hydroxylation is 2. The van der Waals surface area contributed by atoms with Gasteiger partial charge in [-0.15, -0.1) is 0 Å². The molecule has 0 aliphatic heterocycles. The van der Waals surface area contributed by atoms with Crippen LogP contribution in [0.15, 0.2) is 48.8 Å². The Morgan fingerprint density at radius 2 is 1.90 bits per heavy atom. The summed E-state index contributed by atoms with van der Waals surface area (Å²) in [6.45, 7) is 4.56. The van der Waals surface area contributed by atoms with E-state index in [9.17, 15) is 4.79 Å². The van der Waals surface area contributed by atoms with Gasteiger partial charge in [0.25, 0.3) is 5.91 Å². The summed E-state index contributed by atoms with van der Waals surface area (Å²) in [5, 5.41) is 2.93. The lowest BCUT2D eigenvalue weighted by Gasteiger charge is -2.06. The van der Waals surface area contributed by atoms with Crippen LogP contribution < -0.4 is 5.32 Å². The number of hydrogen-bond donors (Lipinski definition) is 1. The van der Waals surface area contributed by atoms with Crippen molar-refractivity contribution < 1.29 is 4.79 Å². The highest BCUT2D eigenvalue weighted by atomic mass is 16.1. The Balaban J connectivity index is 1.76. The van der Waals surface area contributed by atoms with E-state index in [-0.39, 0.29) is 5.91 Å². The molecule has 0 spiro atoms. The van der Waals surface area contributed by atoms with Gasteiger partial charge in [-0.3, -0.25) is 9.20 Å². The summed E-state index contributed by atoms with van der Waals surface area (Å²) in [6.07, 6.45) is 3.48. The number of amides is 1. The molecule has 0 radical (unpaired) electrons. The Hall–Kier alpha value is -2.62. The van der Waals surface area contributed by atoms with Crippen molar-refractivity contribution in [3.63, 3.8) is 0 Å². The number of imidazole rings is 1. The van der Waals surface area contributed by atoms with Crippen LogP contribution in [0.3, 0.4) is 0 Å². The fourth-order valence-corrected chi connectivity index (χ4v) is 2.23. The molecule has 21 heavy (non-hydrogen) atoms. The van der Waals surface area contributed by atoms with E-state index >= 15 is 0 Å². The van der Waals surface area contributed by atoms with Gasteiger partial charge in [-0.1, -0.05) is 29.8 Å². The average Bonchev–Trinajstić information content (AvgIpc) is 2.89. The molecule has 2 aromatic heterocycles. The zero-order chi connectivity index (χ0) is 14.8. The van der Waals surface area contributed by atoms with Crippen molar-refractivity contribution >= 4 is 11.6 Å². The number of nitrogens with zero attached hydrogens (tertiary/aromatic N) is 2. The van der Waals surface area contributed by atoms with Gasteiger partial charge in [0.2, 0.25) is 0 Å². The molecule has 0 saturated heterocycles. The number of pyridine rings is 1. The van der Waals surface area contributed by atoms with Gasteiger partial charge < -0.3 is 5.32 Å². The maximum absolute atomic E-state index is 12.3. The minimum absolute atomic E-state index is 0.119. The van der Waals surface area contributed by atoms with Crippen molar-refractivity contribution in [1.82, 2.24) is 14.7 Å². The Kier molecular flexibility index (Phi) is 3.44. The second-order valence-electron chi connectivity index (χ2n) is 5.24. The first-order valence-corrected chi connectivity index (χ1v) is 6.91. The van der Waals surface area contributed by atoms with Gasteiger partial charge in [0.05, 0.1) is 6.20 Å².